The Bertz CT molecular complexity index is 665. The highest BCUT2D eigenvalue weighted by atomic mass is 32.1. The van der Waals surface area contributed by atoms with Gasteiger partial charge in [0, 0.05) is 10.9 Å². The summed E-state index contributed by atoms with van der Waals surface area (Å²) in [6.07, 6.45) is 3.16. The zero-order chi connectivity index (χ0) is 14.8. The third-order valence-electron chi connectivity index (χ3n) is 3.84. The van der Waals surface area contributed by atoms with E-state index in [1.807, 2.05) is 31.2 Å². The summed E-state index contributed by atoms with van der Waals surface area (Å²) in [6.45, 7) is 2.02. The molecule has 0 saturated carbocycles. The Morgan fingerprint density at radius 2 is 2.29 bits per heavy atom. The van der Waals surface area contributed by atoms with Crippen LogP contribution < -0.4 is 11.1 Å². The molecule has 1 aromatic heterocycles. The van der Waals surface area contributed by atoms with E-state index in [1.54, 1.807) is 11.3 Å². The number of amides is 1. The SMILES string of the molecule is Cc1ccccc1CC(=O)Nc1nc2c(s1)C[C@@H](N)CC2. The van der Waals surface area contributed by atoms with Crippen LogP contribution in [0, 0.1) is 6.92 Å². The van der Waals surface area contributed by atoms with Crippen LogP contribution in [0.5, 0.6) is 0 Å². The summed E-state index contributed by atoms with van der Waals surface area (Å²) in [7, 11) is 0. The number of hydrogen-bond donors (Lipinski definition) is 2. The average molecular weight is 301 g/mol. The van der Waals surface area contributed by atoms with Crippen LogP contribution in [0.2, 0.25) is 0 Å². The first-order chi connectivity index (χ1) is 10.1. The van der Waals surface area contributed by atoms with Crippen LogP contribution in [-0.4, -0.2) is 16.9 Å². The van der Waals surface area contributed by atoms with Crippen molar-refractivity contribution < 1.29 is 4.79 Å². The van der Waals surface area contributed by atoms with Crippen molar-refractivity contribution in [3.63, 3.8) is 0 Å². The number of aromatic nitrogens is 1. The highest BCUT2D eigenvalue weighted by Crippen LogP contribution is 2.29. The van der Waals surface area contributed by atoms with Gasteiger partial charge in [0.25, 0.3) is 0 Å². The number of thiazole rings is 1. The van der Waals surface area contributed by atoms with Gasteiger partial charge in [0.1, 0.15) is 0 Å². The number of nitrogens with one attached hydrogen (secondary N) is 1. The normalized spacial score (nSPS) is 17.3. The van der Waals surface area contributed by atoms with Crippen LogP contribution in [0.4, 0.5) is 5.13 Å². The second-order valence-corrected chi connectivity index (χ2v) is 6.63. The molecule has 0 aliphatic heterocycles. The minimum Gasteiger partial charge on any atom is -0.327 e. The molecule has 5 heteroatoms. The number of nitrogens with zero attached hydrogens (tertiary/aromatic N) is 1. The van der Waals surface area contributed by atoms with Gasteiger partial charge in [-0.1, -0.05) is 24.3 Å². The van der Waals surface area contributed by atoms with Crippen molar-refractivity contribution in [1.82, 2.24) is 4.98 Å². The zero-order valence-electron chi connectivity index (χ0n) is 12.1. The summed E-state index contributed by atoms with van der Waals surface area (Å²) >= 11 is 1.56. The number of aryl methyl sites for hydroxylation is 2. The van der Waals surface area contributed by atoms with E-state index in [-0.39, 0.29) is 11.9 Å². The van der Waals surface area contributed by atoms with E-state index in [0.717, 1.165) is 36.1 Å². The summed E-state index contributed by atoms with van der Waals surface area (Å²) in [5.74, 6) is -0.0142. The molecule has 1 amide bonds. The highest BCUT2D eigenvalue weighted by Gasteiger charge is 2.20. The number of benzene rings is 1. The Balaban J connectivity index is 1.67. The van der Waals surface area contributed by atoms with Gasteiger partial charge in [0.15, 0.2) is 5.13 Å². The summed E-state index contributed by atoms with van der Waals surface area (Å²) in [5.41, 5.74) is 9.27. The van der Waals surface area contributed by atoms with Gasteiger partial charge >= 0.3 is 0 Å². The Hall–Kier alpha value is -1.72. The molecule has 0 unspecified atom stereocenters. The topological polar surface area (TPSA) is 68.0 Å². The zero-order valence-corrected chi connectivity index (χ0v) is 12.9. The number of rotatable bonds is 3. The second-order valence-electron chi connectivity index (χ2n) is 5.54. The fourth-order valence-corrected chi connectivity index (χ4v) is 3.72. The van der Waals surface area contributed by atoms with Crippen molar-refractivity contribution in [2.45, 2.75) is 38.6 Å². The van der Waals surface area contributed by atoms with Crippen LogP contribution in [0.3, 0.4) is 0 Å². The maximum atomic E-state index is 12.1. The van der Waals surface area contributed by atoms with Gasteiger partial charge in [-0.2, -0.15) is 0 Å². The molecular weight excluding hydrogens is 282 g/mol. The highest BCUT2D eigenvalue weighted by molar-refractivity contribution is 7.15. The molecule has 1 aromatic carbocycles. The van der Waals surface area contributed by atoms with Crippen LogP contribution in [0.15, 0.2) is 24.3 Å². The smallest absolute Gasteiger partial charge is 0.230 e. The first-order valence-corrected chi connectivity index (χ1v) is 8.02. The lowest BCUT2D eigenvalue weighted by Crippen LogP contribution is -2.27. The molecule has 3 rings (SSSR count). The van der Waals surface area contributed by atoms with Crippen molar-refractivity contribution in [3.05, 3.63) is 46.0 Å². The van der Waals surface area contributed by atoms with Gasteiger partial charge in [-0.05, 0) is 37.3 Å². The maximum absolute atomic E-state index is 12.1. The van der Waals surface area contributed by atoms with E-state index in [2.05, 4.69) is 10.3 Å². The Morgan fingerprint density at radius 3 is 3.10 bits per heavy atom. The van der Waals surface area contributed by atoms with Gasteiger partial charge < -0.3 is 11.1 Å². The molecule has 0 fully saturated rings. The molecule has 1 aliphatic carbocycles. The number of carbonyl (C=O) groups is 1. The van der Waals surface area contributed by atoms with Crippen molar-refractivity contribution >= 4 is 22.4 Å². The third kappa shape index (κ3) is 3.31. The predicted octanol–water partition coefficient (Wildman–Crippen LogP) is 2.45. The van der Waals surface area contributed by atoms with Gasteiger partial charge in [-0.15, -0.1) is 11.3 Å². The predicted molar refractivity (Wildman–Crippen MR) is 85.6 cm³/mol. The van der Waals surface area contributed by atoms with E-state index in [9.17, 15) is 4.79 Å². The van der Waals surface area contributed by atoms with E-state index in [1.165, 1.54) is 4.88 Å². The Labute approximate surface area is 128 Å². The number of hydrogen-bond acceptors (Lipinski definition) is 4. The van der Waals surface area contributed by atoms with Gasteiger partial charge in [-0.3, -0.25) is 4.79 Å². The van der Waals surface area contributed by atoms with Crippen molar-refractivity contribution in [2.75, 3.05) is 5.32 Å². The molecule has 0 saturated heterocycles. The molecule has 110 valence electrons. The molecule has 0 spiro atoms. The fourth-order valence-electron chi connectivity index (χ4n) is 2.60. The second kappa shape index (κ2) is 5.95. The van der Waals surface area contributed by atoms with Gasteiger partial charge in [0.05, 0.1) is 12.1 Å². The molecule has 1 heterocycles. The molecule has 21 heavy (non-hydrogen) atoms. The molecule has 0 bridgehead atoms. The van der Waals surface area contributed by atoms with Gasteiger partial charge in [-0.25, -0.2) is 4.98 Å². The summed E-state index contributed by atoms with van der Waals surface area (Å²) < 4.78 is 0. The fraction of sp³-hybridized carbons (Fsp3) is 0.375. The number of fused-ring (bicyclic) bond motifs is 1. The van der Waals surface area contributed by atoms with Crippen LogP contribution in [0.1, 0.15) is 28.1 Å². The number of carbonyl (C=O) groups excluding carboxylic acids is 1. The molecule has 4 nitrogen and oxygen atoms in total. The third-order valence-corrected chi connectivity index (χ3v) is 4.87. The summed E-state index contributed by atoms with van der Waals surface area (Å²) in [5, 5.41) is 3.62. The average Bonchev–Trinajstić information content (AvgIpc) is 2.82. The van der Waals surface area contributed by atoms with Crippen LogP contribution >= 0.6 is 11.3 Å². The summed E-state index contributed by atoms with van der Waals surface area (Å²) in [4.78, 5) is 17.9. The lowest BCUT2D eigenvalue weighted by molar-refractivity contribution is -0.115. The van der Waals surface area contributed by atoms with Crippen molar-refractivity contribution in [1.29, 1.82) is 0 Å². The molecular formula is C16H19N3OS. The van der Waals surface area contributed by atoms with E-state index in [4.69, 9.17) is 5.73 Å². The summed E-state index contributed by atoms with van der Waals surface area (Å²) in [6, 6.07) is 8.18. The molecule has 1 aliphatic rings. The van der Waals surface area contributed by atoms with Crippen LogP contribution in [0.25, 0.3) is 0 Å². The van der Waals surface area contributed by atoms with Crippen molar-refractivity contribution in [3.8, 4) is 0 Å². The standard InChI is InChI=1S/C16H19N3OS/c1-10-4-2-3-5-11(10)8-15(20)19-16-18-13-7-6-12(17)9-14(13)21-16/h2-5,12H,6-9,17H2,1H3,(H,18,19,20)/t12-/m0/s1. The molecule has 3 N–H and O–H groups in total. The molecule has 2 aromatic rings. The first-order valence-electron chi connectivity index (χ1n) is 7.20. The number of anilines is 1. The van der Waals surface area contributed by atoms with E-state index >= 15 is 0 Å². The van der Waals surface area contributed by atoms with Crippen LogP contribution in [-0.2, 0) is 24.1 Å². The minimum atomic E-state index is -0.0142. The Morgan fingerprint density at radius 1 is 1.48 bits per heavy atom. The van der Waals surface area contributed by atoms with E-state index in [0.29, 0.717) is 11.6 Å². The molecule has 0 radical (unpaired) electrons. The largest absolute Gasteiger partial charge is 0.327 e. The quantitative estimate of drug-likeness (QED) is 0.915. The maximum Gasteiger partial charge on any atom is 0.230 e. The minimum absolute atomic E-state index is 0.0142. The van der Waals surface area contributed by atoms with Crippen molar-refractivity contribution in [2.24, 2.45) is 5.73 Å². The van der Waals surface area contributed by atoms with Gasteiger partial charge in [0.2, 0.25) is 5.91 Å². The molecule has 1 atom stereocenters. The monoisotopic (exact) mass is 301 g/mol. The Kier molecular flexibility index (Phi) is 4.03. The lowest BCUT2D eigenvalue weighted by Gasteiger charge is -2.15. The number of nitrogens with two attached hydrogens (primary N) is 1. The van der Waals surface area contributed by atoms with E-state index < -0.39 is 0 Å². The first kappa shape index (κ1) is 14.2. The lowest BCUT2D eigenvalue weighted by atomic mass is 9.99.